The molecule has 1 aliphatic heterocycles. The number of rotatable bonds is 2. The first kappa shape index (κ1) is 11.8. The van der Waals surface area contributed by atoms with Crippen molar-refractivity contribution in [3.8, 4) is 16.9 Å². The molecule has 4 nitrogen and oxygen atoms in total. The fourth-order valence-corrected chi connectivity index (χ4v) is 3.53. The molecule has 5 heteroatoms. The van der Waals surface area contributed by atoms with Crippen LogP contribution in [0.2, 0.25) is 0 Å². The number of ether oxygens (including phenoxy) is 1. The smallest absolute Gasteiger partial charge is 0.255 e. The molecule has 2 heterocycles. The number of benzene rings is 1. The molecule has 0 radical (unpaired) electrons. The Kier molecular flexibility index (Phi) is 2.50. The van der Waals surface area contributed by atoms with E-state index < -0.39 is 0 Å². The van der Waals surface area contributed by atoms with Gasteiger partial charge in [-0.05, 0) is 18.9 Å². The number of hydrogen-bond donors (Lipinski definition) is 2. The lowest BCUT2D eigenvalue weighted by Gasteiger charge is -2.18. The summed E-state index contributed by atoms with van der Waals surface area (Å²) in [5.41, 5.74) is 8.61. The van der Waals surface area contributed by atoms with Crippen molar-refractivity contribution in [1.82, 2.24) is 5.32 Å². The minimum absolute atomic E-state index is 0.0563. The summed E-state index contributed by atoms with van der Waals surface area (Å²) in [4.78, 5) is 13.5. The number of thiophene rings is 1. The van der Waals surface area contributed by atoms with Crippen molar-refractivity contribution in [1.29, 1.82) is 0 Å². The Hall–Kier alpha value is -2.01. The van der Waals surface area contributed by atoms with Crippen LogP contribution in [0.25, 0.3) is 11.1 Å². The molecule has 0 saturated heterocycles. The van der Waals surface area contributed by atoms with Crippen molar-refractivity contribution in [2.45, 2.75) is 25.5 Å². The molecule has 0 bridgehead atoms. The number of para-hydroxylation sites is 1. The summed E-state index contributed by atoms with van der Waals surface area (Å²) in [5, 5.41) is 3.60. The van der Waals surface area contributed by atoms with Crippen LogP contribution in [0.3, 0.4) is 0 Å². The highest BCUT2D eigenvalue weighted by Crippen LogP contribution is 2.46. The van der Waals surface area contributed by atoms with E-state index in [2.05, 4.69) is 5.32 Å². The SMILES string of the molecule is Nc1sc2c(c1C(=O)NC1CC1)-c1ccccc1OC2. The number of nitrogen functional groups attached to an aromatic ring is 1. The Balaban J connectivity index is 1.85. The van der Waals surface area contributed by atoms with Crippen LogP contribution in [0.1, 0.15) is 28.1 Å². The average molecular weight is 286 g/mol. The first-order chi connectivity index (χ1) is 9.74. The van der Waals surface area contributed by atoms with Crippen LogP contribution in [0.4, 0.5) is 5.00 Å². The van der Waals surface area contributed by atoms with Gasteiger partial charge in [0.25, 0.3) is 5.91 Å². The second kappa shape index (κ2) is 4.24. The third kappa shape index (κ3) is 1.78. The van der Waals surface area contributed by atoms with Crippen LogP contribution in [0, 0.1) is 0 Å². The summed E-state index contributed by atoms with van der Waals surface area (Å²) >= 11 is 1.45. The van der Waals surface area contributed by atoms with Gasteiger partial charge >= 0.3 is 0 Å². The van der Waals surface area contributed by atoms with Crippen molar-refractivity contribution in [3.05, 3.63) is 34.7 Å². The predicted octanol–water partition coefficient (Wildman–Crippen LogP) is 2.78. The minimum Gasteiger partial charge on any atom is -0.487 e. The molecule has 3 N–H and O–H groups in total. The van der Waals surface area contributed by atoms with Gasteiger partial charge in [-0.25, -0.2) is 0 Å². The van der Waals surface area contributed by atoms with E-state index in [1.165, 1.54) is 11.3 Å². The summed E-state index contributed by atoms with van der Waals surface area (Å²) in [7, 11) is 0. The number of nitrogens with two attached hydrogens (primary N) is 1. The van der Waals surface area contributed by atoms with Crippen LogP contribution in [0.5, 0.6) is 5.75 Å². The largest absolute Gasteiger partial charge is 0.487 e. The maximum Gasteiger partial charge on any atom is 0.255 e. The molecule has 0 spiro atoms. The first-order valence-corrected chi connectivity index (χ1v) is 7.50. The van der Waals surface area contributed by atoms with E-state index in [1.54, 1.807) is 0 Å². The Morgan fingerprint density at radius 2 is 2.15 bits per heavy atom. The van der Waals surface area contributed by atoms with Gasteiger partial charge in [0.2, 0.25) is 0 Å². The number of hydrogen-bond acceptors (Lipinski definition) is 4. The summed E-state index contributed by atoms with van der Waals surface area (Å²) < 4.78 is 5.71. The Labute approximate surface area is 120 Å². The molecule has 1 aromatic carbocycles. The Bertz CT molecular complexity index is 704. The second-order valence-corrected chi connectivity index (χ2v) is 6.31. The lowest BCUT2D eigenvalue weighted by molar-refractivity contribution is 0.0953. The van der Waals surface area contributed by atoms with E-state index in [4.69, 9.17) is 10.5 Å². The average Bonchev–Trinajstić information content (AvgIpc) is 3.18. The number of carbonyl (C=O) groups excluding carboxylic acids is 1. The van der Waals surface area contributed by atoms with Gasteiger partial charge in [-0.15, -0.1) is 11.3 Å². The number of anilines is 1. The van der Waals surface area contributed by atoms with Crippen molar-refractivity contribution in [2.75, 3.05) is 5.73 Å². The second-order valence-electron chi connectivity index (χ2n) is 5.17. The van der Waals surface area contributed by atoms with Crippen LogP contribution >= 0.6 is 11.3 Å². The zero-order valence-corrected chi connectivity index (χ0v) is 11.6. The molecular weight excluding hydrogens is 272 g/mol. The van der Waals surface area contributed by atoms with Gasteiger partial charge in [0.1, 0.15) is 12.4 Å². The molecule has 0 atom stereocenters. The molecule has 102 valence electrons. The molecule has 1 aromatic heterocycles. The predicted molar refractivity (Wildman–Crippen MR) is 79.0 cm³/mol. The van der Waals surface area contributed by atoms with Crippen LogP contribution < -0.4 is 15.8 Å². The lowest BCUT2D eigenvalue weighted by Crippen LogP contribution is -2.26. The molecule has 1 aliphatic carbocycles. The zero-order chi connectivity index (χ0) is 13.7. The number of amides is 1. The fraction of sp³-hybridized carbons (Fsp3) is 0.267. The fourth-order valence-electron chi connectivity index (χ4n) is 2.54. The Morgan fingerprint density at radius 1 is 1.35 bits per heavy atom. The maximum absolute atomic E-state index is 12.4. The van der Waals surface area contributed by atoms with Gasteiger partial charge in [-0.1, -0.05) is 18.2 Å². The van der Waals surface area contributed by atoms with Gasteiger partial charge in [-0.2, -0.15) is 0 Å². The van der Waals surface area contributed by atoms with Gasteiger partial charge in [0, 0.05) is 17.2 Å². The van der Waals surface area contributed by atoms with Crippen molar-refractivity contribution < 1.29 is 9.53 Å². The standard InChI is InChI=1S/C15H14N2O2S/c16-14-13(15(18)17-8-5-6-8)12-9-3-1-2-4-10(9)19-7-11(12)20-14/h1-4,8H,5-7,16H2,(H,17,18). The molecule has 1 fully saturated rings. The molecule has 20 heavy (non-hydrogen) atoms. The highest BCUT2D eigenvalue weighted by atomic mass is 32.1. The highest BCUT2D eigenvalue weighted by molar-refractivity contribution is 7.17. The minimum atomic E-state index is -0.0563. The van der Waals surface area contributed by atoms with E-state index in [0.29, 0.717) is 23.2 Å². The molecule has 0 unspecified atom stereocenters. The zero-order valence-electron chi connectivity index (χ0n) is 10.8. The van der Waals surface area contributed by atoms with Gasteiger partial charge in [0.05, 0.1) is 15.4 Å². The van der Waals surface area contributed by atoms with Crippen LogP contribution in [-0.2, 0) is 6.61 Å². The Morgan fingerprint density at radius 3 is 2.95 bits per heavy atom. The molecule has 2 aliphatic rings. The summed E-state index contributed by atoms with van der Waals surface area (Å²) in [5.74, 6) is 0.762. The van der Waals surface area contributed by atoms with E-state index in [-0.39, 0.29) is 5.91 Å². The van der Waals surface area contributed by atoms with E-state index in [1.807, 2.05) is 24.3 Å². The van der Waals surface area contributed by atoms with Crippen molar-refractivity contribution in [3.63, 3.8) is 0 Å². The first-order valence-electron chi connectivity index (χ1n) is 6.68. The maximum atomic E-state index is 12.4. The van der Waals surface area contributed by atoms with Crippen molar-refractivity contribution in [2.24, 2.45) is 0 Å². The molecule has 2 aromatic rings. The number of nitrogens with one attached hydrogen (secondary N) is 1. The van der Waals surface area contributed by atoms with Crippen LogP contribution in [-0.4, -0.2) is 11.9 Å². The molecule has 1 amide bonds. The monoisotopic (exact) mass is 286 g/mol. The third-order valence-electron chi connectivity index (χ3n) is 3.66. The van der Waals surface area contributed by atoms with E-state index >= 15 is 0 Å². The molecule has 1 saturated carbocycles. The van der Waals surface area contributed by atoms with Crippen LogP contribution in [0.15, 0.2) is 24.3 Å². The van der Waals surface area contributed by atoms with Gasteiger partial charge in [-0.3, -0.25) is 4.79 Å². The highest BCUT2D eigenvalue weighted by Gasteiger charge is 2.31. The quantitative estimate of drug-likeness (QED) is 0.892. The van der Waals surface area contributed by atoms with Crippen molar-refractivity contribution >= 4 is 22.2 Å². The number of carbonyl (C=O) groups is 1. The summed E-state index contributed by atoms with van der Waals surface area (Å²) in [6, 6.07) is 8.12. The number of fused-ring (bicyclic) bond motifs is 3. The third-order valence-corrected chi connectivity index (χ3v) is 4.66. The lowest BCUT2D eigenvalue weighted by atomic mass is 9.98. The van der Waals surface area contributed by atoms with E-state index in [9.17, 15) is 4.79 Å². The normalized spacial score (nSPS) is 16.0. The van der Waals surface area contributed by atoms with Gasteiger partial charge < -0.3 is 15.8 Å². The van der Waals surface area contributed by atoms with E-state index in [0.717, 1.165) is 34.6 Å². The summed E-state index contributed by atoms with van der Waals surface area (Å²) in [6.45, 7) is 0.484. The molecular formula is C15H14N2O2S. The topological polar surface area (TPSA) is 64.4 Å². The summed E-state index contributed by atoms with van der Waals surface area (Å²) in [6.07, 6.45) is 2.13. The molecule has 4 rings (SSSR count). The van der Waals surface area contributed by atoms with Gasteiger partial charge in [0.15, 0.2) is 0 Å².